The summed E-state index contributed by atoms with van der Waals surface area (Å²) in [6.07, 6.45) is 3.48. The number of fused-ring (bicyclic) bond motifs is 6. The lowest BCUT2D eigenvalue weighted by atomic mass is 9.82. The van der Waals surface area contributed by atoms with E-state index in [1.807, 2.05) is 0 Å². The van der Waals surface area contributed by atoms with Gasteiger partial charge in [0, 0.05) is 27.5 Å². The van der Waals surface area contributed by atoms with E-state index in [-0.39, 0.29) is 0 Å². The topological polar surface area (TPSA) is 9.86 Å². The van der Waals surface area contributed by atoms with Crippen molar-refractivity contribution in [3.63, 3.8) is 0 Å². The van der Waals surface area contributed by atoms with Crippen molar-refractivity contribution < 1.29 is 0 Å². The Morgan fingerprint density at radius 1 is 0.467 bits per heavy atom. The number of nitrogens with zero attached hydrogens (tertiary/aromatic N) is 2. The molecule has 1 unspecified atom stereocenters. The van der Waals surface area contributed by atoms with Crippen LogP contribution in [-0.4, -0.2) is 9.13 Å². The van der Waals surface area contributed by atoms with E-state index in [2.05, 4.69) is 174 Å². The zero-order chi connectivity index (χ0) is 29.9. The molecule has 0 aliphatic heterocycles. The van der Waals surface area contributed by atoms with Gasteiger partial charge in [-0.25, -0.2) is 0 Å². The molecule has 1 aliphatic carbocycles. The van der Waals surface area contributed by atoms with Gasteiger partial charge in [0.2, 0.25) is 0 Å². The number of rotatable bonds is 4. The van der Waals surface area contributed by atoms with Crippen molar-refractivity contribution in [2.45, 2.75) is 13.3 Å². The zero-order valence-electron chi connectivity index (χ0n) is 25.2. The first-order valence-electron chi connectivity index (χ1n) is 15.8. The van der Waals surface area contributed by atoms with Crippen LogP contribution in [0.2, 0.25) is 0 Å². The summed E-state index contributed by atoms with van der Waals surface area (Å²) in [4.78, 5) is 0. The summed E-state index contributed by atoms with van der Waals surface area (Å²) >= 11 is 0. The van der Waals surface area contributed by atoms with Crippen molar-refractivity contribution in [1.29, 1.82) is 0 Å². The maximum Gasteiger partial charge on any atom is 0.0541 e. The summed E-state index contributed by atoms with van der Waals surface area (Å²) in [5.74, 6) is 0.406. The highest BCUT2D eigenvalue weighted by atomic mass is 15.0. The predicted molar refractivity (Wildman–Crippen MR) is 190 cm³/mol. The van der Waals surface area contributed by atoms with Gasteiger partial charge in [0.15, 0.2) is 0 Å². The molecule has 2 aromatic heterocycles. The molecule has 214 valence electrons. The molecule has 0 saturated carbocycles. The summed E-state index contributed by atoms with van der Waals surface area (Å²) < 4.78 is 4.85. The van der Waals surface area contributed by atoms with Gasteiger partial charge in [-0.2, -0.15) is 0 Å². The van der Waals surface area contributed by atoms with Crippen molar-refractivity contribution in [3.8, 4) is 22.5 Å². The number of hydrogen-bond acceptors (Lipinski definition) is 0. The van der Waals surface area contributed by atoms with E-state index >= 15 is 0 Å². The van der Waals surface area contributed by atoms with Crippen LogP contribution in [0.1, 0.15) is 23.7 Å². The summed E-state index contributed by atoms with van der Waals surface area (Å²) in [5, 5.41) is 3.93. The molecule has 6 aromatic carbocycles. The minimum atomic E-state index is 0.406. The van der Waals surface area contributed by atoms with Gasteiger partial charge in [0.25, 0.3) is 0 Å². The minimum Gasteiger partial charge on any atom is -0.310 e. The van der Waals surface area contributed by atoms with Crippen LogP contribution in [0.4, 0.5) is 0 Å². The predicted octanol–water partition coefficient (Wildman–Crippen LogP) is 11.1. The summed E-state index contributed by atoms with van der Waals surface area (Å²) in [7, 11) is 0. The van der Waals surface area contributed by atoms with E-state index < -0.39 is 0 Å². The minimum absolute atomic E-state index is 0.406. The maximum atomic E-state index is 2.46. The van der Waals surface area contributed by atoms with Crippen LogP contribution in [0, 0.1) is 5.92 Å². The molecule has 0 spiro atoms. The Kier molecular flexibility index (Phi) is 5.89. The highest BCUT2D eigenvalue weighted by Crippen LogP contribution is 2.42. The summed E-state index contributed by atoms with van der Waals surface area (Å²) in [6.45, 7) is 2.38. The fraction of sp³-hybridized carbons (Fsp3) is 0.0698. The lowest BCUT2D eigenvalue weighted by Crippen LogP contribution is -2.10. The number of aromatic nitrogens is 2. The standard InChI is InChI=1S/C43H32N2/c1-29-26-38-35-16-8-11-19-41(35)45(33-14-6-3-7-15-33)43(38)28-37(29)32-22-25-42-39(27-32)36-17-9-10-18-40(36)44(42)34-23-20-31(21-24-34)30-12-4-2-5-13-30/h2-25,27-29H,26H2,1H3. The fourth-order valence-corrected chi connectivity index (χ4v) is 7.49. The molecule has 0 amide bonds. The Labute approximate surface area is 263 Å². The maximum absolute atomic E-state index is 2.46. The highest BCUT2D eigenvalue weighted by molar-refractivity contribution is 6.10. The van der Waals surface area contributed by atoms with Crippen LogP contribution in [-0.2, 0) is 6.42 Å². The summed E-state index contributed by atoms with van der Waals surface area (Å²) in [6, 6.07) is 55.1. The Morgan fingerprint density at radius 3 is 1.78 bits per heavy atom. The van der Waals surface area contributed by atoms with E-state index in [9.17, 15) is 0 Å². The van der Waals surface area contributed by atoms with Crippen LogP contribution < -0.4 is 0 Å². The van der Waals surface area contributed by atoms with Crippen LogP contribution in [0.25, 0.3) is 66.9 Å². The fourth-order valence-electron chi connectivity index (χ4n) is 7.49. The van der Waals surface area contributed by atoms with E-state index in [1.165, 1.54) is 77.6 Å². The molecule has 0 N–H and O–H groups in total. The van der Waals surface area contributed by atoms with Crippen molar-refractivity contribution >= 4 is 44.4 Å². The van der Waals surface area contributed by atoms with Crippen molar-refractivity contribution in [1.82, 2.24) is 9.13 Å². The third-order valence-corrected chi connectivity index (χ3v) is 9.61. The monoisotopic (exact) mass is 576 g/mol. The lowest BCUT2D eigenvalue weighted by molar-refractivity contribution is 0.738. The van der Waals surface area contributed by atoms with Crippen molar-refractivity contribution in [2.24, 2.45) is 5.92 Å². The normalized spacial score (nSPS) is 14.6. The van der Waals surface area contributed by atoms with Gasteiger partial charge in [0.1, 0.15) is 0 Å². The first kappa shape index (κ1) is 25.9. The zero-order valence-corrected chi connectivity index (χ0v) is 25.2. The Balaban J connectivity index is 1.21. The average molecular weight is 577 g/mol. The second-order valence-electron chi connectivity index (χ2n) is 12.3. The van der Waals surface area contributed by atoms with Crippen LogP contribution in [0.15, 0.2) is 152 Å². The third-order valence-electron chi connectivity index (χ3n) is 9.61. The first-order chi connectivity index (χ1) is 22.2. The smallest absolute Gasteiger partial charge is 0.0541 e. The molecule has 9 rings (SSSR count). The van der Waals surface area contributed by atoms with Crippen molar-refractivity contribution in [3.05, 3.63) is 168 Å². The highest BCUT2D eigenvalue weighted by Gasteiger charge is 2.26. The number of benzene rings is 6. The molecule has 8 aromatic rings. The second kappa shape index (κ2) is 10.2. The van der Waals surface area contributed by atoms with Gasteiger partial charge < -0.3 is 9.13 Å². The number of allylic oxidation sites excluding steroid dienone is 1. The van der Waals surface area contributed by atoms with Gasteiger partial charge in [-0.15, -0.1) is 0 Å². The van der Waals surface area contributed by atoms with E-state index in [1.54, 1.807) is 0 Å². The third kappa shape index (κ3) is 4.10. The molecule has 0 radical (unpaired) electrons. The number of para-hydroxylation sites is 3. The van der Waals surface area contributed by atoms with Crippen LogP contribution in [0.5, 0.6) is 0 Å². The molecule has 0 saturated heterocycles. The van der Waals surface area contributed by atoms with E-state index in [4.69, 9.17) is 0 Å². The molecule has 0 bridgehead atoms. The Morgan fingerprint density at radius 2 is 1.02 bits per heavy atom. The van der Waals surface area contributed by atoms with Crippen molar-refractivity contribution in [2.75, 3.05) is 0 Å². The second-order valence-corrected chi connectivity index (χ2v) is 12.3. The quantitative estimate of drug-likeness (QED) is 0.197. The van der Waals surface area contributed by atoms with Gasteiger partial charge in [-0.1, -0.05) is 110 Å². The number of hydrogen-bond donors (Lipinski definition) is 0. The van der Waals surface area contributed by atoms with E-state index in [0.717, 1.165) is 6.42 Å². The molecule has 2 heteroatoms. The lowest BCUT2D eigenvalue weighted by Gasteiger charge is -2.23. The molecular weight excluding hydrogens is 544 g/mol. The molecule has 1 aliphatic rings. The first-order valence-corrected chi connectivity index (χ1v) is 15.8. The molecule has 45 heavy (non-hydrogen) atoms. The Bertz CT molecular complexity index is 2390. The molecule has 2 nitrogen and oxygen atoms in total. The van der Waals surface area contributed by atoms with Crippen LogP contribution >= 0.6 is 0 Å². The molecule has 1 atom stereocenters. The van der Waals surface area contributed by atoms with E-state index in [0.29, 0.717) is 5.92 Å². The van der Waals surface area contributed by atoms with Gasteiger partial charge >= 0.3 is 0 Å². The average Bonchev–Trinajstić information content (AvgIpc) is 3.61. The van der Waals surface area contributed by atoms with Gasteiger partial charge in [-0.05, 0) is 94.8 Å². The largest absolute Gasteiger partial charge is 0.310 e. The van der Waals surface area contributed by atoms with Crippen LogP contribution in [0.3, 0.4) is 0 Å². The SMILES string of the molecule is CC1Cc2c(n(-c3ccccc3)c3ccccc23)C=C1c1ccc2c(c1)c1ccccc1n2-c1ccc(-c2ccccc2)cc1. The molecule has 2 heterocycles. The molecular formula is C43H32N2. The Hall–Kier alpha value is -5.60. The molecule has 0 fully saturated rings. The van der Waals surface area contributed by atoms with Gasteiger partial charge in [0.05, 0.1) is 22.2 Å². The van der Waals surface area contributed by atoms with Gasteiger partial charge in [-0.3, -0.25) is 0 Å². The summed E-state index contributed by atoms with van der Waals surface area (Å²) in [5.41, 5.74) is 14.0.